The maximum atomic E-state index is 12.1. The molecule has 0 radical (unpaired) electrons. The topological polar surface area (TPSA) is 54.0 Å². The summed E-state index contributed by atoms with van der Waals surface area (Å²) in [6.45, 7) is 1.98. The van der Waals surface area contributed by atoms with Gasteiger partial charge in [-0.15, -0.1) is 0 Å². The number of pyridine rings is 1. The molecule has 4 heteroatoms. The van der Waals surface area contributed by atoms with Crippen molar-refractivity contribution in [3.8, 4) is 0 Å². The first-order chi connectivity index (χ1) is 8.22. The van der Waals surface area contributed by atoms with Gasteiger partial charge in [-0.1, -0.05) is 6.07 Å². The Kier molecular flexibility index (Phi) is 2.59. The molecule has 2 aliphatic rings. The van der Waals surface area contributed by atoms with Crippen LogP contribution < -0.4 is 10.6 Å². The number of aromatic nitrogens is 1. The van der Waals surface area contributed by atoms with Gasteiger partial charge in [0.15, 0.2) is 0 Å². The van der Waals surface area contributed by atoms with Gasteiger partial charge in [0.2, 0.25) is 5.91 Å². The molecular weight excluding hydrogens is 214 g/mol. The number of hydrogen-bond donors (Lipinski definition) is 2. The van der Waals surface area contributed by atoms with Crippen LogP contribution in [0.5, 0.6) is 0 Å². The van der Waals surface area contributed by atoms with Crippen LogP contribution in [0.15, 0.2) is 18.3 Å². The highest BCUT2D eigenvalue weighted by Crippen LogP contribution is 2.33. The average Bonchev–Trinajstić information content (AvgIpc) is 2.94. The number of carbonyl (C=O) groups excluding carboxylic acids is 1. The van der Waals surface area contributed by atoms with E-state index in [1.54, 1.807) is 6.20 Å². The summed E-state index contributed by atoms with van der Waals surface area (Å²) < 4.78 is 0. The predicted octanol–water partition coefficient (Wildman–Crippen LogP) is 1.47. The average molecular weight is 231 g/mol. The summed E-state index contributed by atoms with van der Waals surface area (Å²) in [5.41, 5.74) is 1.10. The zero-order chi connectivity index (χ0) is 11.8. The molecular formula is C13H17N3O. The summed E-state index contributed by atoms with van der Waals surface area (Å²) in [5, 5.41) is 6.38. The highest BCUT2D eigenvalue weighted by atomic mass is 16.2. The monoisotopic (exact) mass is 231 g/mol. The molecule has 2 bridgehead atoms. The van der Waals surface area contributed by atoms with Gasteiger partial charge in [-0.25, -0.2) is 4.98 Å². The minimum atomic E-state index is 0.112. The molecule has 1 amide bonds. The lowest BCUT2D eigenvalue weighted by Crippen LogP contribution is -2.33. The molecule has 0 aliphatic carbocycles. The molecule has 2 aliphatic heterocycles. The van der Waals surface area contributed by atoms with Gasteiger partial charge < -0.3 is 10.6 Å². The maximum Gasteiger partial charge on any atom is 0.230 e. The van der Waals surface area contributed by atoms with Crippen LogP contribution in [0.1, 0.15) is 24.8 Å². The van der Waals surface area contributed by atoms with Crippen molar-refractivity contribution in [1.82, 2.24) is 10.3 Å². The van der Waals surface area contributed by atoms with E-state index >= 15 is 0 Å². The molecule has 17 heavy (non-hydrogen) atoms. The molecule has 1 aromatic rings. The van der Waals surface area contributed by atoms with E-state index in [0.717, 1.165) is 18.4 Å². The molecule has 3 rings (SSSR count). The summed E-state index contributed by atoms with van der Waals surface area (Å²) in [6, 6.07) is 4.75. The largest absolute Gasteiger partial charge is 0.310 e. The van der Waals surface area contributed by atoms with Crippen LogP contribution in [0.25, 0.3) is 0 Å². The van der Waals surface area contributed by atoms with Crippen LogP contribution in [0.2, 0.25) is 0 Å². The van der Waals surface area contributed by atoms with E-state index < -0.39 is 0 Å². The maximum absolute atomic E-state index is 12.1. The van der Waals surface area contributed by atoms with Crippen molar-refractivity contribution in [2.75, 3.05) is 5.32 Å². The third-order valence-electron chi connectivity index (χ3n) is 3.80. The van der Waals surface area contributed by atoms with Gasteiger partial charge in [0.25, 0.3) is 0 Å². The molecule has 0 saturated carbocycles. The first-order valence-corrected chi connectivity index (χ1v) is 6.22. The zero-order valence-corrected chi connectivity index (χ0v) is 9.94. The smallest absolute Gasteiger partial charge is 0.230 e. The van der Waals surface area contributed by atoms with Gasteiger partial charge in [-0.2, -0.15) is 0 Å². The molecule has 0 spiro atoms. The Balaban J connectivity index is 1.65. The van der Waals surface area contributed by atoms with E-state index in [1.165, 1.54) is 6.42 Å². The molecule has 0 aromatic carbocycles. The first kappa shape index (κ1) is 10.7. The lowest BCUT2D eigenvalue weighted by Gasteiger charge is -2.18. The van der Waals surface area contributed by atoms with Gasteiger partial charge in [0, 0.05) is 18.3 Å². The predicted molar refractivity (Wildman–Crippen MR) is 65.7 cm³/mol. The highest BCUT2D eigenvalue weighted by molar-refractivity contribution is 5.92. The lowest BCUT2D eigenvalue weighted by molar-refractivity contribution is -0.120. The number of aryl methyl sites for hydroxylation is 1. The fourth-order valence-corrected chi connectivity index (χ4v) is 2.87. The number of anilines is 1. The lowest BCUT2D eigenvalue weighted by atomic mass is 9.88. The normalized spacial score (nSPS) is 30.5. The molecule has 2 fully saturated rings. The number of amides is 1. The quantitative estimate of drug-likeness (QED) is 0.810. The summed E-state index contributed by atoms with van der Waals surface area (Å²) in [7, 11) is 0. The Morgan fingerprint density at radius 3 is 2.94 bits per heavy atom. The van der Waals surface area contributed by atoms with Crippen LogP contribution in [0, 0.1) is 12.8 Å². The second kappa shape index (κ2) is 4.11. The Bertz CT molecular complexity index is 429. The van der Waals surface area contributed by atoms with E-state index in [1.807, 2.05) is 19.1 Å². The first-order valence-electron chi connectivity index (χ1n) is 6.22. The van der Waals surface area contributed by atoms with E-state index in [9.17, 15) is 4.79 Å². The molecule has 2 N–H and O–H groups in total. The van der Waals surface area contributed by atoms with Crippen molar-refractivity contribution in [2.24, 2.45) is 5.92 Å². The molecule has 90 valence electrons. The third-order valence-corrected chi connectivity index (χ3v) is 3.80. The van der Waals surface area contributed by atoms with Gasteiger partial charge >= 0.3 is 0 Å². The second-order valence-corrected chi connectivity index (χ2v) is 5.10. The van der Waals surface area contributed by atoms with E-state index in [0.29, 0.717) is 17.9 Å². The number of nitrogens with zero attached hydrogens (tertiary/aromatic N) is 1. The van der Waals surface area contributed by atoms with Gasteiger partial charge in [-0.3, -0.25) is 4.79 Å². The molecule has 4 nitrogen and oxygen atoms in total. The van der Waals surface area contributed by atoms with E-state index in [-0.39, 0.29) is 11.8 Å². The fraction of sp³-hybridized carbons (Fsp3) is 0.538. The number of carbonyl (C=O) groups is 1. The van der Waals surface area contributed by atoms with E-state index in [4.69, 9.17) is 0 Å². The standard InChI is InChI=1S/C13H17N3O/c1-8-2-5-12(14-7-8)16-13(17)10-6-9-3-4-11(10)15-9/h2,5,7,9-11,15H,3-4,6H2,1H3,(H,14,16,17). The number of nitrogens with one attached hydrogen (secondary N) is 2. The minimum Gasteiger partial charge on any atom is -0.310 e. The van der Waals surface area contributed by atoms with Crippen molar-refractivity contribution in [2.45, 2.75) is 38.3 Å². The summed E-state index contributed by atoms with van der Waals surface area (Å²) in [5.74, 6) is 0.890. The van der Waals surface area contributed by atoms with Gasteiger partial charge in [0.1, 0.15) is 5.82 Å². The Morgan fingerprint density at radius 2 is 2.35 bits per heavy atom. The summed E-state index contributed by atoms with van der Waals surface area (Å²) in [6.07, 6.45) is 5.10. The molecule has 3 unspecified atom stereocenters. The van der Waals surface area contributed by atoms with Gasteiger partial charge in [-0.05, 0) is 37.8 Å². The van der Waals surface area contributed by atoms with Crippen LogP contribution in [-0.4, -0.2) is 23.0 Å². The molecule has 2 saturated heterocycles. The van der Waals surface area contributed by atoms with Crippen molar-refractivity contribution >= 4 is 11.7 Å². The third kappa shape index (κ3) is 2.05. The van der Waals surface area contributed by atoms with Gasteiger partial charge in [0.05, 0.1) is 5.92 Å². The summed E-state index contributed by atoms with van der Waals surface area (Å²) >= 11 is 0. The fourth-order valence-electron chi connectivity index (χ4n) is 2.87. The van der Waals surface area contributed by atoms with Crippen LogP contribution >= 0.6 is 0 Å². The van der Waals surface area contributed by atoms with Crippen LogP contribution in [0.3, 0.4) is 0 Å². The van der Waals surface area contributed by atoms with E-state index in [2.05, 4.69) is 15.6 Å². The zero-order valence-electron chi connectivity index (χ0n) is 9.94. The highest BCUT2D eigenvalue weighted by Gasteiger charge is 2.42. The van der Waals surface area contributed by atoms with Crippen LogP contribution in [-0.2, 0) is 4.79 Å². The minimum absolute atomic E-state index is 0.112. The van der Waals surface area contributed by atoms with Crippen molar-refractivity contribution in [1.29, 1.82) is 0 Å². The Labute approximate surface area is 101 Å². The van der Waals surface area contributed by atoms with Crippen LogP contribution in [0.4, 0.5) is 5.82 Å². The Hall–Kier alpha value is -1.42. The number of fused-ring (bicyclic) bond motifs is 2. The van der Waals surface area contributed by atoms with Crippen molar-refractivity contribution in [3.05, 3.63) is 23.9 Å². The van der Waals surface area contributed by atoms with Crippen molar-refractivity contribution < 1.29 is 4.79 Å². The number of rotatable bonds is 2. The van der Waals surface area contributed by atoms with Crippen molar-refractivity contribution in [3.63, 3.8) is 0 Å². The molecule has 1 aromatic heterocycles. The summed E-state index contributed by atoms with van der Waals surface area (Å²) in [4.78, 5) is 16.3. The molecule has 3 heterocycles. The Morgan fingerprint density at radius 1 is 1.47 bits per heavy atom. The molecule has 3 atom stereocenters. The second-order valence-electron chi connectivity index (χ2n) is 5.10. The SMILES string of the molecule is Cc1ccc(NC(=O)C2CC3CCC2N3)nc1. The number of hydrogen-bond acceptors (Lipinski definition) is 3.